The molecule has 116 valence electrons. The molecule has 1 N–H and O–H groups in total. The first-order valence-electron chi connectivity index (χ1n) is 8.40. The summed E-state index contributed by atoms with van der Waals surface area (Å²) in [6.07, 6.45) is 3.88. The monoisotopic (exact) mass is 290 g/mol. The average Bonchev–Trinajstić information content (AvgIpc) is 3.33. The summed E-state index contributed by atoms with van der Waals surface area (Å²) >= 11 is 0. The van der Waals surface area contributed by atoms with Crippen LogP contribution in [-0.4, -0.2) is 30.1 Å². The number of halogens is 1. The van der Waals surface area contributed by atoms with E-state index in [2.05, 4.69) is 24.1 Å². The van der Waals surface area contributed by atoms with Gasteiger partial charge in [0.15, 0.2) is 0 Å². The lowest BCUT2D eigenvalue weighted by atomic mass is 9.94. The maximum absolute atomic E-state index is 14.0. The Kier molecular flexibility index (Phi) is 4.60. The zero-order valence-corrected chi connectivity index (χ0v) is 13.2. The normalized spacial score (nSPS) is 28.5. The summed E-state index contributed by atoms with van der Waals surface area (Å²) in [4.78, 5) is 2.53. The van der Waals surface area contributed by atoms with Crippen LogP contribution in [0, 0.1) is 17.7 Å². The minimum atomic E-state index is -0.0642. The highest BCUT2D eigenvalue weighted by Gasteiger charge is 2.39. The molecule has 3 atom stereocenters. The van der Waals surface area contributed by atoms with E-state index in [1.807, 2.05) is 12.1 Å². The summed E-state index contributed by atoms with van der Waals surface area (Å²) in [5, 5.41) is 3.74. The molecule has 1 saturated heterocycles. The van der Waals surface area contributed by atoms with Gasteiger partial charge in [-0.3, -0.25) is 4.90 Å². The highest BCUT2D eigenvalue weighted by Crippen LogP contribution is 2.37. The molecule has 1 aromatic rings. The largest absolute Gasteiger partial charge is 0.311 e. The van der Waals surface area contributed by atoms with Crippen LogP contribution in [0.15, 0.2) is 24.3 Å². The SMILES string of the molecule is CCC(C)C1CN(Cc2ccccc2F)C(C2CC2)CN1. The molecule has 0 bridgehead atoms. The fourth-order valence-electron chi connectivity index (χ4n) is 3.49. The van der Waals surface area contributed by atoms with E-state index in [9.17, 15) is 4.39 Å². The van der Waals surface area contributed by atoms with Gasteiger partial charge in [0.25, 0.3) is 0 Å². The maximum atomic E-state index is 14.0. The third-order valence-corrected chi connectivity index (χ3v) is 5.32. The predicted molar refractivity (Wildman–Crippen MR) is 84.6 cm³/mol. The number of piperazine rings is 1. The zero-order valence-electron chi connectivity index (χ0n) is 13.2. The number of nitrogens with one attached hydrogen (secondary N) is 1. The van der Waals surface area contributed by atoms with Crippen molar-refractivity contribution in [2.24, 2.45) is 11.8 Å². The summed E-state index contributed by atoms with van der Waals surface area (Å²) in [7, 11) is 0. The second kappa shape index (κ2) is 6.45. The summed E-state index contributed by atoms with van der Waals surface area (Å²) < 4.78 is 14.0. The Bertz CT molecular complexity index is 472. The number of hydrogen-bond donors (Lipinski definition) is 1. The van der Waals surface area contributed by atoms with E-state index in [0.717, 1.165) is 31.1 Å². The number of hydrogen-bond acceptors (Lipinski definition) is 2. The lowest BCUT2D eigenvalue weighted by Gasteiger charge is -2.42. The molecule has 3 rings (SSSR count). The lowest BCUT2D eigenvalue weighted by Crippen LogP contribution is -2.58. The van der Waals surface area contributed by atoms with Crippen LogP contribution in [0.4, 0.5) is 4.39 Å². The van der Waals surface area contributed by atoms with Gasteiger partial charge >= 0.3 is 0 Å². The molecule has 1 aromatic carbocycles. The number of benzene rings is 1. The van der Waals surface area contributed by atoms with E-state index in [1.54, 1.807) is 12.1 Å². The molecular weight excluding hydrogens is 263 g/mol. The van der Waals surface area contributed by atoms with E-state index in [4.69, 9.17) is 0 Å². The van der Waals surface area contributed by atoms with Gasteiger partial charge in [0.1, 0.15) is 5.82 Å². The zero-order chi connectivity index (χ0) is 14.8. The average molecular weight is 290 g/mol. The standard InChI is InChI=1S/C18H27FN2/c1-3-13(2)17-12-21(18(10-20-17)14-8-9-14)11-15-6-4-5-7-16(15)19/h4-7,13-14,17-18,20H,3,8-12H2,1-2H3. The number of nitrogens with zero attached hydrogens (tertiary/aromatic N) is 1. The Labute approximate surface area is 127 Å². The van der Waals surface area contributed by atoms with E-state index in [-0.39, 0.29) is 5.82 Å². The molecule has 1 aliphatic heterocycles. The van der Waals surface area contributed by atoms with Crippen molar-refractivity contribution < 1.29 is 4.39 Å². The van der Waals surface area contributed by atoms with Crippen LogP contribution in [0.3, 0.4) is 0 Å². The third-order valence-electron chi connectivity index (χ3n) is 5.32. The molecule has 2 fully saturated rings. The quantitative estimate of drug-likeness (QED) is 0.894. The molecule has 21 heavy (non-hydrogen) atoms. The van der Waals surface area contributed by atoms with E-state index in [1.165, 1.54) is 19.3 Å². The van der Waals surface area contributed by atoms with Crippen molar-refractivity contribution in [1.29, 1.82) is 0 Å². The first kappa shape index (κ1) is 15.0. The van der Waals surface area contributed by atoms with Gasteiger partial charge in [-0.2, -0.15) is 0 Å². The summed E-state index contributed by atoms with van der Waals surface area (Å²) in [5.74, 6) is 1.43. The fourth-order valence-corrected chi connectivity index (χ4v) is 3.49. The molecular formula is C18H27FN2. The van der Waals surface area contributed by atoms with Gasteiger partial charge in [0, 0.05) is 37.3 Å². The number of rotatable bonds is 5. The van der Waals surface area contributed by atoms with Crippen LogP contribution in [0.2, 0.25) is 0 Å². The smallest absolute Gasteiger partial charge is 0.127 e. The van der Waals surface area contributed by atoms with Crippen LogP contribution in [0.5, 0.6) is 0 Å². The van der Waals surface area contributed by atoms with E-state index < -0.39 is 0 Å². The van der Waals surface area contributed by atoms with Gasteiger partial charge in [-0.05, 0) is 30.7 Å². The van der Waals surface area contributed by atoms with Gasteiger partial charge in [-0.15, -0.1) is 0 Å². The lowest BCUT2D eigenvalue weighted by molar-refractivity contribution is 0.0880. The maximum Gasteiger partial charge on any atom is 0.127 e. The van der Waals surface area contributed by atoms with Gasteiger partial charge in [0.2, 0.25) is 0 Å². The van der Waals surface area contributed by atoms with E-state index in [0.29, 0.717) is 18.0 Å². The molecule has 0 amide bonds. The third kappa shape index (κ3) is 3.46. The van der Waals surface area contributed by atoms with Crippen LogP contribution < -0.4 is 5.32 Å². The van der Waals surface area contributed by atoms with Crippen molar-refractivity contribution in [2.75, 3.05) is 13.1 Å². The first-order chi connectivity index (χ1) is 10.2. The summed E-state index contributed by atoms with van der Waals surface area (Å²) in [6.45, 7) is 7.43. The summed E-state index contributed by atoms with van der Waals surface area (Å²) in [6, 6.07) is 8.35. The van der Waals surface area contributed by atoms with E-state index >= 15 is 0 Å². The van der Waals surface area contributed by atoms with Crippen molar-refractivity contribution in [3.8, 4) is 0 Å². The Hall–Kier alpha value is -0.930. The second-order valence-corrected chi connectivity index (χ2v) is 6.83. The Morgan fingerprint density at radius 3 is 2.76 bits per heavy atom. The van der Waals surface area contributed by atoms with Gasteiger partial charge in [-0.25, -0.2) is 4.39 Å². The van der Waals surface area contributed by atoms with Crippen molar-refractivity contribution in [2.45, 2.75) is 51.7 Å². The first-order valence-corrected chi connectivity index (χ1v) is 8.40. The summed E-state index contributed by atoms with van der Waals surface area (Å²) in [5.41, 5.74) is 0.841. The van der Waals surface area contributed by atoms with Crippen LogP contribution in [0.1, 0.15) is 38.7 Å². The van der Waals surface area contributed by atoms with Crippen LogP contribution in [-0.2, 0) is 6.54 Å². The van der Waals surface area contributed by atoms with Crippen molar-refractivity contribution in [1.82, 2.24) is 10.2 Å². The minimum absolute atomic E-state index is 0.0642. The minimum Gasteiger partial charge on any atom is -0.311 e. The Balaban J connectivity index is 1.72. The molecule has 2 aliphatic rings. The molecule has 1 heterocycles. The molecule has 1 aliphatic carbocycles. The van der Waals surface area contributed by atoms with Crippen molar-refractivity contribution >= 4 is 0 Å². The molecule has 1 saturated carbocycles. The molecule has 2 nitrogen and oxygen atoms in total. The second-order valence-electron chi connectivity index (χ2n) is 6.83. The molecule has 0 aromatic heterocycles. The molecule has 3 heteroatoms. The predicted octanol–water partition coefficient (Wildman–Crippen LogP) is 3.42. The van der Waals surface area contributed by atoms with Crippen LogP contribution in [0.25, 0.3) is 0 Å². The van der Waals surface area contributed by atoms with Crippen molar-refractivity contribution in [3.63, 3.8) is 0 Å². The highest BCUT2D eigenvalue weighted by atomic mass is 19.1. The van der Waals surface area contributed by atoms with Crippen molar-refractivity contribution in [3.05, 3.63) is 35.6 Å². The molecule has 3 unspecified atom stereocenters. The molecule has 0 radical (unpaired) electrons. The highest BCUT2D eigenvalue weighted by molar-refractivity contribution is 5.17. The van der Waals surface area contributed by atoms with Gasteiger partial charge in [-0.1, -0.05) is 38.5 Å². The molecule has 0 spiro atoms. The Morgan fingerprint density at radius 2 is 2.10 bits per heavy atom. The Morgan fingerprint density at radius 1 is 1.33 bits per heavy atom. The van der Waals surface area contributed by atoms with Gasteiger partial charge in [0.05, 0.1) is 0 Å². The fraction of sp³-hybridized carbons (Fsp3) is 0.667. The van der Waals surface area contributed by atoms with Gasteiger partial charge < -0.3 is 5.32 Å². The topological polar surface area (TPSA) is 15.3 Å². The van der Waals surface area contributed by atoms with Crippen LogP contribution >= 0.6 is 0 Å².